The zero-order chi connectivity index (χ0) is 19.1. The summed E-state index contributed by atoms with van der Waals surface area (Å²) in [5, 5.41) is 7.40. The van der Waals surface area contributed by atoms with Crippen LogP contribution in [0, 0.1) is 5.41 Å². The summed E-state index contributed by atoms with van der Waals surface area (Å²) >= 11 is 0. The monoisotopic (exact) mass is 370 g/mol. The minimum absolute atomic E-state index is 0.0630. The first-order chi connectivity index (χ1) is 11.6. The van der Waals surface area contributed by atoms with Crippen LogP contribution in [-0.4, -0.2) is 51.4 Å². The molecule has 2 atom stereocenters. The third-order valence-electron chi connectivity index (χ3n) is 4.64. The van der Waals surface area contributed by atoms with Crippen LogP contribution in [0.25, 0.3) is 0 Å². The maximum absolute atomic E-state index is 6.52. The van der Waals surface area contributed by atoms with E-state index in [2.05, 4.69) is 52.3 Å². The average molecular weight is 371 g/mol. The Bertz CT molecular complexity index is 413. The Labute approximate surface area is 157 Å². The lowest BCUT2D eigenvalue weighted by molar-refractivity contribution is 0.116. The average Bonchev–Trinajstić information content (AvgIpc) is 2.89. The maximum atomic E-state index is 6.52. The van der Waals surface area contributed by atoms with Crippen LogP contribution in [-0.2, 0) is 9.16 Å². The van der Waals surface area contributed by atoms with Crippen molar-refractivity contribution in [2.24, 2.45) is 10.5 Å². The van der Waals surface area contributed by atoms with Crippen molar-refractivity contribution in [3.8, 4) is 0 Å². The van der Waals surface area contributed by atoms with Gasteiger partial charge in [0.05, 0.1) is 18.8 Å². The minimum Gasteiger partial charge on any atom is -0.414 e. The number of methoxy groups -OCH3 is 1. The summed E-state index contributed by atoms with van der Waals surface area (Å²) in [6.45, 7) is 17.8. The van der Waals surface area contributed by atoms with E-state index < -0.39 is 8.32 Å². The third kappa shape index (κ3) is 8.69. The van der Waals surface area contributed by atoms with Crippen LogP contribution >= 0.6 is 0 Å². The molecule has 1 rings (SSSR count). The standard InChI is InChI=1S/C20H42N2O2Si/c1-9-10-13-18(24-25(6,7)8)15-19(20(2,3)4)21-22-14-11-12-17(22)16-23-5/h17-18H,9-16H2,1-8H3/b21-19-/t17-,18?/m0/s1. The topological polar surface area (TPSA) is 34.1 Å². The van der Waals surface area contributed by atoms with Gasteiger partial charge in [0.1, 0.15) is 0 Å². The van der Waals surface area contributed by atoms with Crippen LogP contribution in [0.15, 0.2) is 5.10 Å². The second-order valence-corrected chi connectivity index (χ2v) is 13.9. The molecule has 1 aliphatic heterocycles. The van der Waals surface area contributed by atoms with Gasteiger partial charge in [-0.15, -0.1) is 0 Å². The van der Waals surface area contributed by atoms with Crippen LogP contribution in [0.4, 0.5) is 0 Å². The van der Waals surface area contributed by atoms with Gasteiger partial charge < -0.3 is 9.16 Å². The Morgan fingerprint density at radius 3 is 2.48 bits per heavy atom. The van der Waals surface area contributed by atoms with Crippen LogP contribution in [0.2, 0.25) is 19.6 Å². The van der Waals surface area contributed by atoms with Crippen LogP contribution in [0.1, 0.15) is 66.2 Å². The van der Waals surface area contributed by atoms with Crippen molar-refractivity contribution in [3.05, 3.63) is 0 Å². The molecule has 0 amide bonds. The van der Waals surface area contributed by atoms with Crippen molar-refractivity contribution in [2.45, 2.75) is 98.0 Å². The van der Waals surface area contributed by atoms with Crippen molar-refractivity contribution >= 4 is 14.0 Å². The molecule has 0 aromatic heterocycles. The summed E-state index contributed by atoms with van der Waals surface area (Å²) in [6, 6.07) is 0.425. The van der Waals surface area contributed by atoms with Crippen molar-refractivity contribution in [2.75, 3.05) is 20.3 Å². The number of hydrazone groups is 1. The molecule has 1 saturated heterocycles. The number of hydrogen-bond donors (Lipinski definition) is 0. The van der Waals surface area contributed by atoms with Crippen LogP contribution in [0.3, 0.4) is 0 Å². The Kier molecular flexibility index (Phi) is 9.13. The largest absolute Gasteiger partial charge is 0.414 e. The van der Waals surface area contributed by atoms with Crippen molar-refractivity contribution < 1.29 is 9.16 Å². The highest BCUT2D eigenvalue weighted by Crippen LogP contribution is 2.27. The molecule has 1 aliphatic rings. The van der Waals surface area contributed by atoms with E-state index in [0.29, 0.717) is 12.1 Å². The van der Waals surface area contributed by atoms with E-state index in [-0.39, 0.29) is 5.41 Å². The molecule has 1 fully saturated rings. The van der Waals surface area contributed by atoms with Gasteiger partial charge in [-0.1, -0.05) is 40.5 Å². The molecule has 0 aromatic carbocycles. The first-order valence-corrected chi connectivity index (χ1v) is 13.5. The summed E-state index contributed by atoms with van der Waals surface area (Å²) in [4.78, 5) is 0. The molecule has 25 heavy (non-hydrogen) atoms. The molecule has 1 unspecified atom stereocenters. The third-order valence-corrected chi connectivity index (χ3v) is 5.68. The van der Waals surface area contributed by atoms with E-state index in [0.717, 1.165) is 26.0 Å². The quantitative estimate of drug-likeness (QED) is 0.386. The lowest BCUT2D eigenvalue weighted by atomic mass is 9.86. The number of unbranched alkanes of at least 4 members (excludes halogenated alkanes) is 1. The molecular formula is C20H42N2O2Si. The summed E-state index contributed by atoms with van der Waals surface area (Å²) in [5.74, 6) is 0. The molecule has 0 aliphatic carbocycles. The molecule has 0 radical (unpaired) electrons. The highest BCUT2D eigenvalue weighted by atomic mass is 28.4. The predicted molar refractivity (Wildman–Crippen MR) is 111 cm³/mol. The lowest BCUT2D eigenvalue weighted by Crippen LogP contribution is -2.37. The number of nitrogens with zero attached hydrogens (tertiary/aromatic N) is 2. The molecule has 0 spiro atoms. The van der Waals surface area contributed by atoms with E-state index in [1.165, 1.54) is 31.4 Å². The molecule has 5 heteroatoms. The summed E-state index contributed by atoms with van der Waals surface area (Å²) in [5.41, 5.74) is 1.34. The van der Waals surface area contributed by atoms with Gasteiger partial charge in [0.2, 0.25) is 0 Å². The molecule has 0 N–H and O–H groups in total. The SMILES string of the molecule is CCCCC(C/C(=N/N1CCC[C@H]1COC)C(C)(C)C)O[Si](C)(C)C. The lowest BCUT2D eigenvalue weighted by Gasteiger charge is -2.32. The van der Waals surface area contributed by atoms with E-state index in [1.807, 2.05) is 0 Å². The first kappa shape index (κ1) is 22.6. The Morgan fingerprint density at radius 2 is 1.96 bits per heavy atom. The zero-order valence-electron chi connectivity index (χ0n) is 18.0. The molecule has 148 valence electrons. The fraction of sp³-hybridized carbons (Fsp3) is 0.950. The molecule has 0 saturated carbocycles. The maximum Gasteiger partial charge on any atom is 0.184 e. The second-order valence-electron chi connectivity index (χ2n) is 9.41. The van der Waals surface area contributed by atoms with Crippen molar-refractivity contribution in [3.63, 3.8) is 0 Å². The van der Waals surface area contributed by atoms with Crippen LogP contribution < -0.4 is 0 Å². The molecular weight excluding hydrogens is 328 g/mol. The summed E-state index contributed by atoms with van der Waals surface area (Å²) < 4.78 is 11.9. The first-order valence-electron chi connectivity index (χ1n) is 10.1. The number of ether oxygens (including phenoxy) is 1. The van der Waals surface area contributed by atoms with Crippen molar-refractivity contribution in [1.29, 1.82) is 0 Å². The van der Waals surface area contributed by atoms with Gasteiger partial charge in [-0.2, -0.15) is 5.10 Å². The molecule has 1 heterocycles. The normalized spacial score (nSPS) is 21.0. The fourth-order valence-electron chi connectivity index (χ4n) is 3.32. The van der Waals surface area contributed by atoms with E-state index >= 15 is 0 Å². The van der Waals surface area contributed by atoms with E-state index in [9.17, 15) is 0 Å². The minimum atomic E-state index is -1.56. The van der Waals surface area contributed by atoms with Gasteiger partial charge in [-0.25, -0.2) is 0 Å². The molecule has 4 nitrogen and oxygen atoms in total. The van der Waals surface area contributed by atoms with Gasteiger partial charge in [0.15, 0.2) is 8.32 Å². The van der Waals surface area contributed by atoms with E-state index in [4.69, 9.17) is 14.3 Å². The molecule has 0 bridgehead atoms. The van der Waals surface area contributed by atoms with E-state index in [1.54, 1.807) is 7.11 Å². The van der Waals surface area contributed by atoms with Gasteiger partial charge in [0.25, 0.3) is 0 Å². The molecule has 0 aromatic rings. The highest BCUT2D eigenvalue weighted by molar-refractivity contribution is 6.69. The Morgan fingerprint density at radius 1 is 1.28 bits per heavy atom. The number of hydrogen-bond acceptors (Lipinski definition) is 4. The Balaban J connectivity index is 2.93. The number of rotatable bonds is 10. The summed E-state index contributed by atoms with van der Waals surface area (Å²) in [7, 11) is 0.230. The van der Waals surface area contributed by atoms with Crippen molar-refractivity contribution in [1.82, 2.24) is 5.01 Å². The van der Waals surface area contributed by atoms with Gasteiger partial charge in [-0.3, -0.25) is 5.01 Å². The summed E-state index contributed by atoms with van der Waals surface area (Å²) in [6.07, 6.45) is 7.21. The van der Waals surface area contributed by atoms with Gasteiger partial charge in [-0.05, 0) is 38.9 Å². The second kappa shape index (κ2) is 10.1. The predicted octanol–water partition coefficient (Wildman–Crippen LogP) is 5.30. The fourth-order valence-corrected chi connectivity index (χ4v) is 4.52. The van der Waals surface area contributed by atoms with Gasteiger partial charge in [0, 0.05) is 31.2 Å². The highest BCUT2D eigenvalue weighted by Gasteiger charge is 2.30. The Hall–Kier alpha value is -0.393. The van der Waals surface area contributed by atoms with Gasteiger partial charge >= 0.3 is 0 Å². The smallest absolute Gasteiger partial charge is 0.184 e. The zero-order valence-corrected chi connectivity index (χ0v) is 19.0. The van der Waals surface area contributed by atoms with Crippen LogP contribution in [0.5, 0.6) is 0 Å².